The molecule has 0 aliphatic carbocycles. The lowest BCUT2D eigenvalue weighted by Crippen LogP contribution is -2.51. The summed E-state index contributed by atoms with van der Waals surface area (Å²) in [6.45, 7) is 3.94. The molecule has 31 heavy (non-hydrogen) atoms. The number of anilines is 1. The molecule has 2 aliphatic rings. The number of amides is 2. The summed E-state index contributed by atoms with van der Waals surface area (Å²) in [4.78, 5) is 36.4. The van der Waals surface area contributed by atoms with Crippen molar-refractivity contribution in [2.75, 3.05) is 25.0 Å². The van der Waals surface area contributed by atoms with Crippen LogP contribution in [0.4, 0.5) is 5.69 Å². The van der Waals surface area contributed by atoms with Crippen LogP contribution in [0.1, 0.15) is 44.6 Å². The highest BCUT2D eigenvalue weighted by molar-refractivity contribution is 5.94. The molecule has 2 amide bonds. The van der Waals surface area contributed by atoms with Gasteiger partial charge in [0.15, 0.2) is 0 Å². The van der Waals surface area contributed by atoms with E-state index in [4.69, 9.17) is 0 Å². The first-order valence-corrected chi connectivity index (χ1v) is 11.3. The predicted octanol–water partition coefficient (Wildman–Crippen LogP) is 2.31. The van der Waals surface area contributed by atoms with Crippen LogP contribution in [-0.2, 0) is 22.7 Å². The van der Waals surface area contributed by atoms with Crippen molar-refractivity contribution in [2.45, 2.75) is 64.2 Å². The van der Waals surface area contributed by atoms with Crippen LogP contribution in [0.2, 0.25) is 0 Å². The van der Waals surface area contributed by atoms with Gasteiger partial charge in [-0.2, -0.15) is 5.10 Å². The highest BCUT2D eigenvalue weighted by Gasteiger charge is 2.32. The zero-order valence-corrected chi connectivity index (χ0v) is 18.5. The van der Waals surface area contributed by atoms with Gasteiger partial charge >= 0.3 is 0 Å². The lowest BCUT2D eigenvalue weighted by atomic mass is 9.93. The molecule has 0 radical (unpaired) electrons. The summed E-state index contributed by atoms with van der Waals surface area (Å²) in [5, 5.41) is 4.10. The van der Waals surface area contributed by atoms with Gasteiger partial charge in [0.2, 0.25) is 11.8 Å². The summed E-state index contributed by atoms with van der Waals surface area (Å²) in [7, 11) is 2.17. The third kappa shape index (κ3) is 4.79. The Labute approximate surface area is 183 Å². The van der Waals surface area contributed by atoms with Crippen LogP contribution in [0.3, 0.4) is 0 Å². The number of hydrogen-bond donors (Lipinski definition) is 0. The topological polar surface area (TPSA) is 74.6 Å². The Morgan fingerprint density at radius 2 is 1.90 bits per heavy atom. The number of likely N-dealkylation sites (N-methyl/N-ethyl adjacent to an activating group) is 1. The first-order valence-electron chi connectivity index (χ1n) is 11.3. The number of piperidine rings is 1. The summed E-state index contributed by atoms with van der Waals surface area (Å²) >= 11 is 0. The van der Waals surface area contributed by atoms with E-state index in [1.165, 1.54) is 6.33 Å². The number of nitrogens with zero attached hydrogens (tertiary/aromatic N) is 6. The van der Waals surface area contributed by atoms with E-state index in [1.807, 2.05) is 41.0 Å². The molecule has 0 saturated carbocycles. The molecule has 3 heterocycles. The van der Waals surface area contributed by atoms with Crippen LogP contribution in [0.15, 0.2) is 36.9 Å². The third-order valence-corrected chi connectivity index (χ3v) is 6.71. The van der Waals surface area contributed by atoms with Crippen molar-refractivity contribution >= 4 is 17.5 Å². The summed E-state index contributed by atoms with van der Waals surface area (Å²) < 4.78 is 1.57. The Bertz CT molecular complexity index is 899. The second-order valence-corrected chi connectivity index (χ2v) is 8.59. The minimum absolute atomic E-state index is 0.0171. The van der Waals surface area contributed by atoms with E-state index < -0.39 is 0 Å². The fraction of sp³-hybridized carbons (Fsp3) is 0.565. The van der Waals surface area contributed by atoms with E-state index in [-0.39, 0.29) is 18.4 Å². The second-order valence-electron chi connectivity index (χ2n) is 8.59. The van der Waals surface area contributed by atoms with Gasteiger partial charge in [-0.15, -0.1) is 0 Å². The van der Waals surface area contributed by atoms with Crippen LogP contribution < -0.4 is 4.90 Å². The summed E-state index contributed by atoms with van der Waals surface area (Å²) in [6.07, 6.45) is 7.80. The molecular formula is C23H32N6O2. The van der Waals surface area contributed by atoms with Crippen molar-refractivity contribution in [1.29, 1.82) is 0 Å². The SMILES string of the molecule is CCC(=O)N1CCC2CCCC(CN(C(=O)Cn3cncn3)Cc3ccccc31)N2C. The molecule has 2 unspecified atom stereocenters. The quantitative estimate of drug-likeness (QED) is 0.756. The van der Waals surface area contributed by atoms with Crippen LogP contribution in [0.25, 0.3) is 0 Å². The smallest absolute Gasteiger partial charge is 0.244 e. The summed E-state index contributed by atoms with van der Waals surface area (Å²) in [5.41, 5.74) is 1.93. The normalized spacial score (nSPS) is 22.5. The molecule has 8 heteroatoms. The monoisotopic (exact) mass is 424 g/mol. The van der Waals surface area contributed by atoms with Gasteiger partial charge in [0.05, 0.1) is 0 Å². The Kier molecular flexibility index (Phi) is 6.65. The Balaban J connectivity index is 1.70. The number of para-hydroxylation sites is 1. The number of aromatic nitrogens is 3. The first kappa shape index (κ1) is 21.5. The maximum Gasteiger partial charge on any atom is 0.244 e. The Hall–Kier alpha value is -2.74. The van der Waals surface area contributed by atoms with Gasteiger partial charge in [0.1, 0.15) is 19.2 Å². The van der Waals surface area contributed by atoms with Crippen LogP contribution in [0, 0.1) is 0 Å². The second kappa shape index (κ2) is 9.60. The van der Waals surface area contributed by atoms with E-state index in [1.54, 1.807) is 11.0 Å². The fourth-order valence-electron chi connectivity index (χ4n) is 4.89. The average Bonchev–Trinajstić information content (AvgIpc) is 3.28. The molecule has 166 valence electrons. The fourth-order valence-corrected chi connectivity index (χ4v) is 4.89. The predicted molar refractivity (Wildman–Crippen MR) is 118 cm³/mol. The van der Waals surface area contributed by atoms with Gasteiger partial charge in [0, 0.05) is 43.8 Å². The zero-order chi connectivity index (χ0) is 21.8. The molecule has 4 rings (SSSR count). The molecule has 1 saturated heterocycles. The van der Waals surface area contributed by atoms with E-state index in [9.17, 15) is 9.59 Å². The zero-order valence-electron chi connectivity index (χ0n) is 18.5. The Morgan fingerprint density at radius 1 is 1.10 bits per heavy atom. The molecule has 2 aliphatic heterocycles. The number of fused-ring (bicyclic) bond motifs is 3. The molecule has 2 aromatic rings. The van der Waals surface area contributed by atoms with Crippen LogP contribution in [0.5, 0.6) is 0 Å². The van der Waals surface area contributed by atoms with E-state index in [2.05, 4.69) is 22.0 Å². The molecular weight excluding hydrogens is 392 g/mol. The maximum absolute atomic E-state index is 13.3. The van der Waals surface area contributed by atoms with Crippen molar-refractivity contribution in [2.24, 2.45) is 0 Å². The summed E-state index contributed by atoms with van der Waals surface area (Å²) in [5.74, 6) is 0.144. The van der Waals surface area contributed by atoms with E-state index in [0.29, 0.717) is 38.1 Å². The van der Waals surface area contributed by atoms with Gasteiger partial charge < -0.3 is 9.80 Å². The highest BCUT2D eigenvalue weighted by atomic mass is 16.2. The molecule has 0 N–H and O–H groups in total. The van der Waals surface area contributed by atoms with Gasteiger partial charge in [-0.25, -0.2) is 9.67 Å². The first-order chi connectivity index (χ1) is 15.1. The van der Waals surface area contributed by atoms with E-state index in [0.717, 1.165) is 36.9 Å². The lowest BCUT2D eigenvalue weighted by Gasteiger charge is -2.41. The van der Waals surface area contributed by atoms with E-state index >= 15 is 0 Å². The van der Waals surface area contributed by atoms with Crippen molar-refractivity contribution in [3.63, 3.8) is 0 Å². The van der Waals surface area contributed by atoms with Gasteiger partial charge in [-0.3, -0.25) is 14.5 Å². The highest BCUT2D eigenvalue weighted by Crippen LogP contribution is 2.29. The minimum Gasteiger partial charge on any atom is -0.335 e. The van der Waals surface area contributed by atoms with Crippen molar-refractivity contribution in [3.05, 3.63) is 42.5 Å². The molecule has 8 nitrogen and oxygen atoms in total. The number of benzene rings is 1. The number of rotatable bonds is 3. The molecule has 2 bridgehead atoms. The van der Waals surface area contributed by atoms with Gasteiger partial charge in [-0.05, 0) is 37.9 Å². The largest absolute Gasteiger partial charge is 0.335 e. The standard InChI is InChI=1S/C23H32N6O2/c1-3-22(30)29-12-11-19-8-6-9-20(26(19)2)14-27(13-18-7-4-5-10-21(18)29)23(31)15-28-17-24-16-25-28/h4-5,7,10,16-17,19-20H,3,6,8-9,11-15H2,1-2H3. The summed E-state index contributed by atoms with van der Waals surface area (Å²) in [6, 6.07) is 8.74. The van der Waals surface area contributed by atoms with Gasteiger partial charge in [0.25, 0.3) is 0 Å². The van der Waals surface area contributed by atoms with Crippen molar-refractivity contribution in [3.8, 4) is 0 Å². The molecule has 1 aromatic heterocycles. The van der Waals surface area contributed by atoms with Gasteiger partial charge in [-0.1, -0.05) is 31.5 Å². The number of carbonyl (C=O) groups is 2. The number of carbonyl (C=O) groups excluding carboxylic acids is 2. The van der Waals surface area contributed by atoms with Crippen molar-refractivity contribution in [1.82, 2.24) is 24.6 Å². The molecule has 1 aromatic carbocycles. The van der Waals surface area contributed by atoms with Crippen LogP contribution in [-0.4, -0.2) is 68.6 Å². The van der Waals surface area contributed by atoms with Crippen LogP contribution >= 0.6 is 0 Å². The number of hydrogen-bond acceptors (Lipinski definition) is 5. The van der Waals surface area contributed by atoms with Crippen molar-refractivity contribution < 1.29 is 9.59 Å². The maximum atomic E-state index is 13.3. The third-order valence-electron chi connectivity index (χ3n) is 6.71. The minimum atomic E-state index is 0.0171. The molecule has 0 spiro atoms. The Morgan fingerprint density at radius 3 is 2.68 bits per heavy atom. The average molecular weight is 425 g/mol. The molecule has 1 fully saturated rings. The molecule has 2 atom stereocenters. The lowest BCUT2D eigenvalue weighted by molar-refractivity contribution is -0.134.